The van der Waals surface area contributed by atoms with Crippen molar-refractivity contribution in [1.29, 1.82) is 5.26 Å². The molecule has 1 amide bonds. The van der Waals surface area contributed by atoms with E-state index >= 15 is 0 Å². The van der Waals surface area contributed by atoms with Crippen LogP contribution in [0.15, 0.2) is 71.6 Å². The fraction of sp³-hybridized carbons (Fsp3) is 0.280. The monoisotopic (exact) mass is 447 g/mol. The summed E-state index contributed by atoms with van der Waals surface area (Å²) < 4.78 is 27.3. The van der Waals surface area contributed by atoms with E-state index in [9.17, 15) is 18.5 Å². The Bertz CT molecular complexity index is 1290. The van der Waals surface area contributed by atoms with Gasteiger partial charge in [0.2, 0.25) is 15.9 Å². The zero-order valence-corrected chi connectivity index (χ0v) is 18.7. The van der Waals surface area contributed by atoms with Gasteiger partial charge >= 0.3 is 0 Å². The van der Waals surface area contributed by atoms with Gasteiger partial charge in [-0.15, -0.1) is 0 Å². The van der Waals surface area contributed by atoms with Crippen LogP contribution in [0.4, 0.5) is 0 Å². The van der Waals surface area contributed by atoms with E-state index < -0.39 is 10.0 Å². The number of sulfonamides is 1. The van der Waals surface area contributed by atoms with E-state index in [2.05, 4.69) is 23.5 Å². The molecule has 0 saturated carbocycles. The molecule has 3 aromatic rings. The van der Waals surface area contributed by atoms with Gasteiger partial charge in [0.05, 0.1) is 16.5 Å². The summed E-state index contributed by atoms with van der Waals surface area (Å²) in [5.41, 5.74) is 1.17. The van der Waals surface area contributed by atoms with Crippen molar-refractivity contribution in [3.8, 4) is 6.07 Å². The van der Waals surface area contributed by atoms with Gasteiger partial charge in [-0.1, -0.05) is 48.5 Å². The highest BCUT2D eigenvalue weighted by atomic mass is 32.2. The number of fused-ring (bicyclic) bond motifs is 1. The Balaban J connectivity index is 1.39. The lowest BCUT2D eigenvalue weighted by Gasteiger charge is -2.31. The number of rotatable bonds is 5. The number of piperidine rings is 1. The van der Waals surface area contributed by atoms with Gasteiger partial charge in [0.25, 0.3) is 0 Å². The molecule has 4 rings (SSSR count). The summed E-state index contributed by atoms with van der Waals surface area (Å²) >= 11 is 0. The van der Waals surface area contributed by atoms with Crippen LogP contribution in [0.1, 0.15) is 36.9 Å². The molecule has 164 valence electrons. The maximum atomic E-state index is 13.0. The molecule has 0 aromatic heterocycles. The predicted octanol–water partition coefficient (Wildman–Crippen LogP) is 3.99. The number of nitrogens with zero attached hydrogens (tertiary/aromatic N) is 2. The number of hydrogen-bond donors (Lipinski definition) is 1. The molecule has 7 heteroatoms. The Morgan fingerprint density at radius 3 is 2.41 bits per heavy atom. The van der Waals surface area contributed by atoms with Crippen molar-refractivity contribution < 1.29 is 13.2 Å². The molecular formula is C25H25N3O3S. The molecule has 1 N–H and O–H groups in total. The highest BCUT2D eigenvalue weighted by Gasteiger charge is 2.33. The molecule has 0 aliphatic carbocycles. The molecule has 3 aromatic carbocycles. The summed E-state index contributed by atoms with van der Waals surface area (Å²) in [5, 5.41) is 14.6. The van der Waals surface area contributed by atoms with Crippen LogP contribution in [0.5, 0.6) is 0 Å². The molecule has 1 aliphatic rings. The summed E-state index contributed by atoms with van der Waals surface area (Å²) in [4.78, 5) is 12.9. The lowest BCUT2D eigenvalue weighted by atomic mass is 9.96. The molecule has 0 bridgehead atoms. The second-order valence-electron chi connectivity index (χ2n) is 8.12. The van der Waals surface area contributed by atoms with Gasteiger partial charge < -0.3 is 5.32 Å². The molecule has 1 aliphatic heterocycles. The second-order valence-corrected chi connectivity index (χ2v) is 10.0. The zero-order chi connectivity index (χ0) is 22.7. The predicted molar refractivity (Wildman–Crippen MR) is 123 cm³/mol. The van der Waals surface area contributed by atoms with Crippen LogP contribution in [0.25, 0.3) is 10.8 Å². The molecule has 0 radical (unpaired) electrons. The summed E-state index contributed by atoms with van der Waals surface area (Å²) in [6.07, 6.45) is 0.897. The Kier molecular flexibility index (Phi) is 6.26. The fourth-order valence-electron chi connectivity index (χ4n) is 4.17. The SMILES string of the molecule is CC(NC(=O)C1CCN(S(=O)(=O)c2ccccc2C#N)CC1)c1ccc2ccccc2c1. The van der Waals surface area contributed by atoms with Gasteiger partial charge in [-0.05, 0) is 54.3 Å². The molecule has 1 unspecified atom stereocenters. The van der Waals surface area contributed by atoms with E-state index in [1.165, 1.54) is 16.4 Å². The number of carbonyl (C=O) groups excluding carboxylic acids is 1. The maximum absolute atomic E-state index is 13.0. The summed E-state index contributed by atoms with van der Waals surface area (Å²) in [7, 11) is -3.76. The van der Waals surface area contributed by atoms with Crippen molar-refractivity contribution >= 4 is 26.7 Å². The van der Waals surface area contributed by atoms with Crippen molar-refractivity contribution in [2.45, 2.75) is 30.7 Å². The minimum absolute atomic E-state index is 0.0235. The van der Waals surface area contributed by atoms with Gasteiger partial charge in [0.15, 0.2) is 0 Å². The molecule has 32 heavy (non-hydrogen) atoms. The minimum atomic E-state index is -3.76. The number of carbonyl (C=O) groups is 1. The van der Waals surface area contributed by atoms with E-state index in [0.717, 1.165) is 16.3 Å². The molecule has 1 fully saturated rings. The average molecular weight is 448 g/mol. The molecule has 6 nitrogen and oxygen atoms in total. The van der Waals surface area contributed by atoms with Crippen LogP contribution in [0.3, 0.4) is 0 Å². The third-order valence-electron chi connectivity index (χ3n) is 6.08. The van der Waals surface area contributed by atoms with E-state index in [1.54, 1.807) is 12.1 Å². The second kappa shape index (κ2) is 9.11. The standard InChI is InChI=1S/C25H25N3O3S/c1-18(21-11-10-19-6-2-3-7-22(19)16-21)27-25(29)20-12-14-28(15-13-20)32(30,31)24-9-5-4-8-23(24)17-26/h2-11,16,18,20H,12-15H2,1H3,(H,27,29). The van der Waals surface area contributed by atoms with Crippen molar-refractivity contribution in [3.63, 3.8) is 0 Å². The highest BCUT2D eigenvalue weighted by molar-refractivity contribution is 7.89. The molecule has 1 heterocycles. The van der Waals surface area contributed by atoms with Gasteiger partial charge in [0.1, 0.15) is 6.07 Å². The summed E-state index contributed by atoms with van der Waals surface area (Å²) in [6.45, 7) is 2.47. The third-order valence-corrected chi connectivity index (χ3v) is 8.04. The van der Waals surface area contributed by atoms with Gasteiger partial charge in [-0.25, -0.2) is 8.42 Å². The number of amides is 1. The number of hydrogen-bond acceptors (Lipinski definition) is 4. The molecule has 0 spiro atoms. The van der Waals surface area contributed by atoms with E-state index in [4.69, 9.17) is 0 Å². The average Bonchev–Trinajstić information content (AvgIpc) is 2.83. The van der Waals surface area contributed by atoms with Crippen LogP contribution in [-0.4, -0.2) is 31.7 Å². The first-order chi connectivity index (χ1) is 15.4. The third kappa shape index (κ3) is 4.38. The normalized spacial score (nSPS) is 16.4. The van der Waals surface area contributed by atoms with Crippen molar-refractivity contribution in [3.05, 3.63) is 77.9 Å². The largest absolute Gasteiger partial charge is 0.349 e. The molecule has 1 saturated heterocycles. The number of nitriles is 1. The van der Waals surface area contributed by atoms with Crippen LogP contribution < -0.4 is 5.32 Å². The summed E-state index contributed by atoms with van der Waals surface area (Å²) in [6, 6.07) is 22.3. The number of nitrogens with one attached hydrogen (secondary N) is 1. The minimum Gasteiger partial charge on any atom is -0.349 e. The van der Waals surface area contributed by atoms with Crippen molar-refractivity contribution in [2.24, 2.45) is 5.92 Å². The van der Waals surface area contributed by atoms with Crippen molar-refractivity contribution in [1.82, 2.24) is 9.62 Å². The van der Waals surface area contributed by atoms with E-state index in [-0.39, 0.29) is 41.4 Å². The molecule has 1 atom stereocenters. The maximum Gasteiger partial charge on any atom is 0.244 e. The van der Waals surface area contributed by atoms with Crippen LogP contribution in [0.2, 0.25) is 0 Å². The number of benzene rings is 3. The Morgan fingerprint density at radius 2 is 1.69 bits per heavy atom. The Morgan fingerprint density at radius 1 is 1.03 bits per heavy atom. The van der Waals surface area contributed by atoms with Crippen LogP contribution >= 0.6 is 0 Å². The van der Waals surface area contributed by atoms with Crippen LogP contribution in [-0.2, 0) is 14.8 Å². The first-order valence-electron chi connectivity index (χ1n) is 10.7. The fourth-order valence-corrected chi connectivity index (χ4v) is 5.78. The van der Waals surface area contributed by atoms with Gasteiger partial charge in [-0.2, -0.15) is 9.57 Å². The Hall–Kier alpha value is -3.21. The van der Waals surface area contributed by atoms with Gasteiger partial charge in [0, 0.05) is 19.0 Å². The Labute approximate surface area is 188 Å². The quantitative estimate of drug-likeness (QED) is 0.640. The smallest absolute Gasteiger partial charge is 0.244 e. The molecular weight excluding hydrogens is 422 g/mol. The van der Waals surface area contributed by atoms with Crippen LogP contribution in [0, 0.1) is 17.2 Å². The zero-order valence-electron chi connectivity index (χ0n) is 17.9. The van der Waals surface area contributed by atoms with E-state index in [1.807, 2.05) is 37.3 Å². The van der Waals surface area contributed by atoms with E-state index in [0.29, 0.717) is 12.8 Å². The van der Waals surface area contributed by atoms with Crippen molar-refractivity contribution in [2.75, 3.05) is 13.1 Å². The summed E-state index contributed by atoms with van der Waals surface area (Å²) in [5.74, 6) is -0.296. The highest BCUT2D eigenvalue weighted by Crippen LogP contribution is 2.27. The lowest BCUT2D eigenvalue weighted by molar-refractivity contribution is -0.126. The first-order valence-corrected chi connectivity index (χ1v) is 12.1. The topological polar surface area (TPSA) is 90.3 Å². The lowest BCUT2D eigenvalue weighted by Crippen LogP contribution is -2.43. The van der Waals surface area contributed by atoms with Gasteiger partial charge in [-0.3, -0.25) is 4.79 Å². The first kappa shape index (κ1) is 22.0.